The van der Waals surface area contributed by atoms with Gasteiger partial charge in [-0.05, 0) is 48.7 Å². The molecule has 2 aromatic heterocycles. The molecule has 0 aliphatic heterocycles. The molecule has 0 atom stereocenters. The van der Waals surface area contributed by atoms with E-state index in [4.69, 9.17) is 0 Å². The molecule has 2 aromatic carbocycles. The number of azo groups is 1. The monoisotopic (exact) mass is 356 g/mol. The maximum atomic E-state index is 10.2. The van der Waals surface area contributed by atoms with Gasteiger partial charge in [-0.3, -0.25) is 4.40 Å². The second-order valence-corrected chi connectivity index (χ2v) is 6.46. The van der Waals surface area contributed by atoms with Gasteiger partial charge in [0.1, 0.15) is 5.69 Å². The van der Waals surface area contributed by atoms with Crippen molar-refractivity contribution < 1.29 is 5.11 Å². The lowest BCUT2D eigenvalue weighted by Crippen LogP contribution is -1.83. The Morgan fingerprint density at radius 3 is 2.56 bits per heavy atom. The standard InChI is InChI=1S/C22H20N4O/c1-3-16-9-11-17(12-10-16)20-22(25-24-18-7-4-6-15(2)14-18)26-13-5-8-19(27)21(26)23-20/h4-14,27H,3H2,1-2H3. The number of rotatable bonds is 4. The third kappa shape index (κ3) is 3.31. The number of imidazole rings is 1. The van der Waals surface area contributed by atoms with E-state index < -0.39 is 0 Å². The summed E-state index contributed by atoms with van der Waals surface area (Å²) in [5, 5.41) is 19.1. The number of fused-ring (bicyclic) bond motifs is 1. The van der Waals surface area contributed by atoms with Gasteiger partial charge in [-0.25, -0.2) is 4.98 Å². The number of aromatic nitrogens is 2. The van der Waals surface area contributed by atoms with Gasteiger partial charge in [-0.2, -0.15) is 0 Å². The molecule has 0 radical (unpaired) electrons. The van der Waals surface area contributed by atoms with E-state index in [1.165, 1.54) is 5.56 Å². The molecule has 0 unspecified atom stereocenters. The highest BCUT2D eigenvalue weighted by Gasteiger charge is 2.16. The smallest absolute Gasteiger partial charge is 0.187 e. The highest BCUT2D eigenvalue weighted by Crippen LogP contribution is 2.34. The first-order valence-corrected chi connectivity index (χ1v) is 8.93. The molecule has 1 N–H and O–H groups in total. The Labute approximate surface area is 157 Å². The largest absolute Gasteiger partial charge is 0.504 e. The van der Waals surface area contributed by atoms with Crippen molar-refractivity contribution in [3.8, 4) is 17.0 Å². The molecule has 27 heavy (non-hydrogen) atoms. The van der Waals surface area contributed by atoms with Gasteiger partial charge in [0, 0.05) is 11.8 Å². The Morgan fingerprint density at radius 2 is 1.81 bits per heavy atom. The molecular formula is C22H20N4O. The number of pyridine rings is 1. The fourth-order valence-corrected chi connectivity index (χ4v) is 3.02. The van der Waals surface area contributed by atoms with E-state index in [2.05, 4.69) is 34.3 Å². The maximum Gasteiger partial charge on any atom is 0.187 e. The Hall–Kier alpha value is -3.47. The molecule has 0 saturated heterocycles. The van der Waals surface area contributed by atoms with E-state index in [-0.39, 0.29) is 5.75 Å². The van der Waals surface area contributed by atoms with Gasteiger partial charge in [0.2, 0.25) is 0 Å². The molecule has 5 nitrogen and oxygen atoms in total. The predicted octanol–water partition coefficient (Wildman–Crippen LogP) is 5.99. The second kappa shape index (κ2) is 7.03. The minimum Gasteiger partial charge on any atom is -0.504 e. The Morgan fingerprint density at radius 1 is 1.00 bits per heavy atom. The van der Waals surface area contributed by atoms with Crippen LogP contribution in [0.5, 0.6) is 5.75 Å². The third-order valence-corrected chi connectivity index (χ3v) is 4.50. The van der Waals surface area contributed by atoms with Crippen molar-refractivity contribution in [2.45, 2.75) is 20.3 Å². The highest BCUT2D eigenvalue weighted by molar-refractivity contribution is 5.76. The minimum atomic E-state index is 0.112. The zero-order chi connectivity index (χ0) is 18.8. The van der Waals surface area contributed by atoms with E-state index >= 15 is 0 Å². The predicted molar refractivity (Wildman–Crippen MR) is 107 cm³/mol. The van der Waals surface area contributed by atoms with Gasteiger partial charge < -0.3 is 5.11 Å². The number of aromatic hydroxyl groups is 1. The van der Waals surface area contributed by atoms with Crippen LogP contribution in [0.25, 0.3) is 16.9 Å². The molecule has 0 saturated carbocycles. The van der Waals surface area contributed by atoms with Gasteiger partial charge in [-0.1, -0.05) is 43.3 Å². The van der Waals surface area contributed by atoms with Crippen LogP contribution in [0.3, 0.4) is 0 Å². The van der Waals surface area contributed by atoms with Gasteiger partial charge in [0.05, 0.1) is 5.69 Å². The van der Waals surface area contributed by atoms with Crippen LogP contribution < -0.4 is 0 Å². The fraction of sp³-hybridized carbons (Fsp3) is 0.136. The summed E-state index contributed by atoms with van der Waals surface area (Å²) in [6.45, 7) is 4.14. The average molecular weight is 356 g/mol. The van der Waals surface area contributed by atoms with Crippen LogP contribution in [0.4, 0.5) is 11.5 Å². The quantitative estimate of drug-likeness (QED) is 0.456. The number of benzene rings is 2. The molecule has 2 heterocycles. The third-order valence-electron chi connectivity index (χ3n) is 4.50. The number of hydrogen-bond acceptors (Lipinski definition) is 4. The van der Waals surface area contributed by atoms with Crippen LogP contribution in [0.1, 0.15) is 18.1 Å². The van der Waals surface area contributed by atoms with E-state index in [1.807, 2.05) is 49.5 Å². The SMILES string of the molecule is CCc1ccc(-c2nc3c(O)cccn3c2N=Nc2cccc(C)c2)cc1. The topological polar surface area (TPSA) is 62.2 Å². The molecule has 4 rings (SSSR count). The van der Waals surface area contributed by atoms with Crippen molar-refractivity contribution in [1.29, 1.82) is 0 Å². The molecule has 0 spiro atoms. The summed E-state index contributed by atoms with van der Waals surface area (Å²) in [5.41, 5.74) is 5.25. The average Bonchev–Trinajstić information content (AvgIpc) is 3.06. The number of aryl methyl sites for hydroxylation is 2. The fourth-order valence-electron chi connectivity index (χ4n) is 3.02. The zero-order valence-electron chi connectivity index (χ0n) is 15.3. The first-order valence-electron chi connectivity index (χ1n) is 8.93. The molecule has 0 amide bonds. The molecule has 0 aliphatic carbocycles. The van der Waals surface area contributed by atoms with E-state index in [0.717, 1.165) is 23.2 Å². The minimum absolute atomic E-state index is 0.112. The lowest BCUT2D eigenvalue weighted by Gasteiger charge is -2.02. The van der Waals surface area contributed by atoms with Gasteiger partial charge in [-0.15, -0.1) is 10.2 Å². The molecule has 5 heteroatoms. The summed E-state index contributed by atoms with van der Waals surface area (Å²) in [7, 11) is 0. The molecule has 0 fully saturated rings. The molecular weight excluding hydrogens is 336 g/mol. The lowest BCUT2D eigenvalue weighted by atomic mass is 10.1. The van der Waals surface area contributed by atoms with E-state index in [0.29, 0.717) is 17.2 Å². The normalized spacial score (nSPS) is 11.5. The molecule has 0 bridgehead atoms. The van der Waals surface area contributed by atoms with Crippen LogP contribution in [-0.4, -0.2) is 14.5 Å². The number of hydrogen-bond donors (Lipinski definition) is 1. The van der Waals surface area contributed by atoms with Crippen LogP contribution in [0.15, 0.2) is 77.1 Å². The van der Waals surface area contributed by atoms with E-state index in [9.17, 15) is 5.11 Å². The Kier molecular flexibility index (Phi) is 4.42. The first kappa shape index (κ1) is 17.0. The molecule has 4 aromatic rings. The number of nitrogens with zero attached hydrogens (tertiary/aromatic N) is 4. The van der Waals surface area contributed by atoms with Crippen LogP contribution in [0, 0.1) is 6.92 Å². The van der Waals surface area contributed by atoms with Crippen molar-refractivity contribution in [3.63, 3.8) is 0 Å². The summed E-state index contributed by atoms with van der Waals surface area (Å²) in [6.07, 6.45) is 2.81. The van der Waals surface area contributed by atoms with Gasteiger partial charge in [0.25, 0.3) is 0 Å². The molecule has 0 aliphatic rings. The highest BCUT2D eigenvalue weighted by atomic mass is 16.3. The van der Waals surface area contributed by atoms with Crippen LogP contribution in [-0.2, 0) is 6.42 Å². The Bertz CT molecular complexity index is 1130. The van der Waals surface area contributed by atoms with Crippen molar-refractivity contribution in [3.05, 3.63) is 78.0 Å². The van der Waals surface area contributed by atoms with Crippen molar-refractivity contribution in [2.75, 3.05) is 0 Å². The summed E-state index contributed by atoms with van der Waals surface area (Å²) in [4.78, 5) is 4.63. The van der Waals surface area contributed by atoms with Crippen molar-refractivity contribution >= 4 is 17.2 Å². The zero-order valence-corrected chi connectivity index (χ0v) is 15.3. The summed E-state index contributed by atoms with van der Waals surface area (Å²) < 4.78 is 1.76. The first-order chi connectivity index (χ1) is 13.2. The Balaban J connectivity index is 1.87. The lowest BCUT2D eigenvalue weighted by molar-refractivity contribution is 0.477. The van der Waals surface area contributed by atoms with Gasteiger partial charge >= 0.3 is 0 Å². The molecule has 134 valence electrons. The van der Waals surface area contributed by atoms with Crippen LogP contribution >= 0.6 is 0 Å². The summed E-state index contributed by atoms with van der Waals surface area (Å²) in [5.74, 6) is 0.701. The van der Waals surface area contributed by atoms with Gasteiger partial charge in [0.15, 0.2) is 17.2 Å². The van der Waals surface area contributed by atoms with Crippen molar-refractivity contribution in [1.82, 2.24) is 9.38 Å². The second-order valence-electron chi connectivity index (χ2n) is 6.46. The van der Waals surface area contributed by atoms with Crippen molar-refractivity contribution in [2.24, 2.45) is 10.2 Å². The van der Waals surface area contributed by atoms with Crippen LogP contribution in [0.2, 0.25) is 0 Å². The van der Waals surface area contributed by atoms with E-state index in [1.54, 1.807) is 16.5 Å². The summed E-state index contributed by atoms with van der Waals surface area (Å²) >= 11 is 0. The maximum absolute atomic E-state index is 10.2. The summed E-state index contributed by atoms with van der Waals surface area (Å²) in [6, 6.07) is 19.5.